The number of nitrogens with zero attached hydrogens (tertiary/aromatic N) is 1. The van der Waals surface area contributed by atoms with Gasteiger partial charge in [0.25, 0.3) is 0 Å². The van der Waals surface area contributed by atoms with Gasteiger partial charge in [-0.05, 0) is 56.6 Å². The molecule has 0 N–H and O–H groups in total. The van der Waals surface area contributed by atoms with Crippen LogP contribution in [0, 0.1) is 23.5 Å². The molecule has 3 rings (SSSR count). The van der Waals surface area contributed by atoms with Crippen molar-refractivity contribution in [1.82, 2.24) is 4.90 Å². The van der Waals surface area contributed by atoms with Crippen LogP contribution in [-0.2, 0) is 11.2 Å². The molecular formula is C17H21F2NO. The van der Waals surface area contributed by atoms with E-state index in [2.05, 4.69) is 0 Å². The van der Waals surface area contributed by atoms with Gasteiger partial charge >= 0.3 is 0 Å². The van der Waals surface area contributed by atoms with Crippen molar-refractivity contribution in [3.8, 4) is 0 Å². The Morgan fingerprint density at radius 2 is 1.90 bits per heavy atom. The van der Waals surface area contributed by atoms with Gasteiger partial charge in [0, 0.05) is 24.6 Å². The van der Waals surface area contributed by atoms with Gasteiger partial charge in [0.15, 0.2) is 0 Å². The van der Waals surface area contributed by atoms with Crippen molar-refractivity contribution in [2.24, 2.45) is 11.8 Å². The maximum Gasteiger partial charge on any atom is 0.225 e. The van der Waals surface area contributed by atoms with Gasteiger partial charge in [0.1, 0.15) is 11.6 Å². The Morgan fingerprint density at radius 1 is 1.19 bits per heavy atom. The predicted octanol–water partition coefficient (Wildman–Crippen LogP) is 3.55. The molecule has 2 fully saturated rings. The number of carbonyl (C=O) groups excluding carboxylic acids is 1. The highest BCUT2D eigenvalue weighted by molar-refractivity contribution is 5.81. The summed E-state index contributed by atoms with van der Waals surface area (Å²) >= 11 is 0. The molecule has 0 spiro atoms. The zero-order valence-corrected chi connectivity index (χ0v) is 12.2. The van der Waals surface area contributed by atoms with E-state index in [1.165, 1.54) is 18.2 Å². The molecular weight excluding hydrogens is 272 g/mol. The largest absolute Gasteiger partial charge is 0.342 e. The first-order valence-corrected chi connectivity index (χ1v) is 7.87. The lowest BCUT2D eigenvalue weighted by Gasteiger charge is -2.33. The predicted molar refractivity (Wildman–Crippen MR) is 76.7 cm³/mol. The van der Waals surface area contributed by atoms with E-state index in [0.29, 0.717) is 12.3 Å². The second-order valence-corrected chi connectivity index (χ2v) is 6.31. The highest BCUT2D eigenvalue weighted by atomic mass is 19.1. The lowest BCUT2D eigenvalue weighted by Crippen LogP contribution is -2.40. The second-order valence-electron chi connectivity index (χ2n) is 6.31. The Hall–Kier alpha value is -1.45. The first kappa shape index (κ1) is 14.5. The van der Waals surface area contributed by atoms with Crippen LogP contribution in [0.25, 0.3) is 0 Å². The molecule has 2 aliphatic rings. The molecule has 2 nitrogen and oxygen atoms in total. The molecule has 1 saturated heterocycles. The number of hydrogen-bond donors (Lipinski definition) is 0. The SMILES string of the molecule is O=C(C1CC1)N1CCC[C@@H](CCc2c(F)cccc2F)C1. The molecule has 114 valence electrons. The van der Waals surface area contributed by atoms with Gasteiger partial charge in [-0.2, -0.15) is 0 Å². The molecule has 1 atom stereocenters. The third kappa shape index (κ3) is 3.42. The van der Waals surface area contributed by atoms with Crippen molar-refractivity contribution in [1.29, 1.82) is 0 Å². The van der Waals surface area contributed by atoms with Crippen molar-refractivity contribution in [2.75, 3.05) is 13.1 Å². The van der Waals surface area contributed by atoms with Gasteiger partial charge in [-0.3, -0.25) is 4.79 Å². The van der Waals surface area contributed by atoms with Crippen LogP contribution in [0.5, 0.6) is 0 Å². The number of benzene rings is 1. The van der Waals surface area contributed by atoms with Gasteiger partial charge in [-0.25, -0.2) is 8.78 Å². The van der Waals surface area contributed by atoms with Crippen LogP contribution in [0.2, 0.25) is 0 Å². The third-order valence-electron chi connectivity index (χ3n) is 4.62. The summed E-state index contributed by atoms with van der Waals surface area (Å²) in [5.41, 5.74) is 0.183. The fraction of sp³-hybridized carbons (Fsp3) is 0.588. The number of piperidine rings is 1. The van der Waals surface area contributed by atoms with E-state index < -0.39 is 11.6 Å². The molecule has 1 heterocycles. The van der Waals surface area contributed by atoms with E-state index in [4.69, 9.17) is 0 Å². The number of hydrogen-bond acceptors (Lipinski definition) is 1. The minimum absolute atomic E-state index is 0.183. The molecule has 0 aromatic heterocycles. The molecule has 1 aliphatic heterocycles. The summed E-state index contributed by atoms with van der Waals surface area (Å²) in [5, 5.41) is 0. The molecule has 1 aromatic carbocycles. The maximum absolute atomic E-state index is 13.6. The van der Waals surface area contributed by atoms with Gasteiger partial charge in [-0.15, -0.1) is 0 Å². The number of likely N-dealkylation sites (tertiary alicyclic amines) is 1. The van der Waals surface area contributed by atoms with Gasteiger partial charge in [0.2, 0.25) is 5.91 Å². The van der Waals surface area contributed by atoms with E-state index in [-0.39, 0.29) is 17.4 Å². The summed E-state index contributed by atoms with van der Waals surface area (Å²) in [5.74, 6) is -0.0153. The third-order valence-corrected chi connectivity index (χ3v) is 4.62. The molecule has 1 amide bonds. The van der Waals surface area contributed by atoms with E-state index in [1.807, 2.05) is 4.90 Å². The zero-order chi connectivity index (χ0) is 14.8. The maximum atomic E-state index is 13.6. The van der Waals surface area contributed by atoms with E-state index in [9.17, 15) is 13.6 Å². The van der Waals surface area contributed by atoms with Gasteiger partial charge in [-0.1, -0.05) is 6.07 Å². The summed E-state index contributed by atoms with van der Waals surface area (Å²) in [6.45, 7) is 1.60. The summed E-state index contributed by atoms with van der Waals surface area (Å²) in [6, 6.07) is 4.01. The molecule has 0 radical (unpaired) electrons. The minimum atomic E-state index is -0.461. The van der Waals surface area contributed by atoms with E-state index in [0.717, 1.165) is 45.2 Å². The molecule has 4 heteroatoms. The monoisotopic (exact) mass is 293 g/mol. The Kier molecular flexibility index (Phi) is 4.22. The average molecular weight is 293 g/mol. The highest BCUT2D eigenvalue weighted by Gasteiger charge is 2.35. The minimum Gasteiger partial charge on any atom is -0.342 e. The molecule has 21 heavy (non-hydrogen) atoms. The van der Waals surface area contributed by atoms with E-state index >= 15 is 0 Å². The number of carbonyl (C=O) groups is 1. The smallest absolute Gasteiger partial charge is 0.225 e. The van der Waals surface area contributed by atoms with Gasteiger partial charge < -0.3 is 4.90 Å². The van der Waals surface area contributed by atoms with Crippen LogP contribution in [0.1, 0.15) is 37.7 Å². The zero-order valence-electron chi connectivity index (χ0n) is 12.2. The van der Waals surface area contributed by atoms with Crippen molar-refractivity contribution < 1.29 is 13.6 Å². The molecule has 0 bridgehead atoms. The van der Waals surface area contributed by atoms with Crippen LogP contribution in [0.15, 0.2) is 18.2 Å². The lowest BCUT2D eigenvalue weighted by atomic mass is 9.91. The number of halogens is 2. The average Bonchev–Trinajstić information content (AvgIpc) is 3.31. The fourth-order valence-corrected chi connectivity index (χ4v) is 3.21. The summed E-state index contributed by atoms with van der Waals surface area (Å²) in [4.78, 5) is 14.1. The second kappa shape index (κ2) is 6.12. The van der Waals surface area contributed by atoms with Crippen LogP contribution in [0.3, 0.4) is 0 Å². The Bertz CT molecular complexity index is 507. The fourth-order valence-electron chi connectivity index (χ4n) is 3.21. The first-order chi connectivity index (χ1) is 10.1. The Labute approximate surface area is 124 Å². The van der Waals surface area contributed by atoms with Crippen LogP contribution in [0.4, 0.5) is 8.78 Å². The van der Waals surface area contributed by atoms with Crippen LogP contribution >= 0.6 is 0 Å². The van der Waals surface area contributed by atoms with Crippen molar-refractivity contribution in [3.05, 3.63) is 35.4 Å². The number of amides is 1. The Morgan fingerprint density at radius 3 is 2.57 bits per heavy atom. The quantitative estimate of drug-likeness (QED) is 0.831. The van der Waals surface area contributed by atoms with Crippen LogP contribution in [-0.4, -0.2) is 23.9 Å². The Balaban J connectivity index is 1.56. The van der Waals surface area contributed by atoms with Crippen LogP contribution < -0.4 is 0 Å². The topological polar surface area (TPSA) is 20.3 Å². The summed E-state index contributed by atoms with van der Waals surface area (Å²) < 4.78 is 27.2. The lowest BCUT2D eigenvalue weighted by molar-refractivity contribution is -0.134. The normalized spacial score (nSPS) is 22.4. The first-order valence-electron chi connectivity index (χ1n) is 7.87. The standard InChI is InChI=1S/C17H21F2NO/c18-15-4-1-5-16(19)14(15)9-6-12-3-2-10-20(11-12)17(21)13-7-8-13/h1,4-5,12-13H,2-3,6-11H2/t12-/m0/s1. The molecule has 1 saturated carbocycles. The summed E-state index contributed by atoms with van der Waals surface area (Å²) in [6.07, 6.45) is 5.26. The highest BCUT2D eigenvalue weighted by Crippen LogP contribution is 2.33. The molecule has 1 aromatic rings. The van der Waals surface area contributed by atoms with E-state index in [1.54, 1.807) is 0 Å². The molecule has 0 unspecified atom stereocenters. The summed E-state index contributed by atoms with van der Waals surface area (Å²) in [7, 11) is 0. The molecule has 1 aliphatic carbocycles. The number of rotatable bonds is 4. The van der Waals surface area contributed by atoms with Crippen molar-refractivity contribution >= 4 is 5.91 Å². The van der Waals surface area contributed by atoms with Crippen molar-refractivity contribution in [3.63, 3.8) is 0 Å². The van der Waals surface area contributed by atoms with Crippen molar-refractivity contribution in [2.45, 2.75) is 38.5 Å². The van der Waals surface area contributed by atoms with Gasteiger partial charge in [0.05, 0.1) is 0 Å².